The Bertz CT molecular complexity index is 531. The monoisotopic (exact) mass is 295 g/mol. The Morgan fingerprint density at radius 3 is 2.65 bits per heavy atom. The summed E-state index contributed by atoms with van der Waals surface area (Å²) in [5.41, 5.74) is 7.22. The molecule has 0 bridgehead atoms. The largest absolute Gasteiger partial charge is 0.486 e. The van der Waals surface area contributed by atoms with Crippen LogP contribution in [0.4, 0.5) is 10.1 Å². The summed E-state index contributed by atoms with van der Waals surface area (Å²) in [4.78, 5) is 0. The highest BCUT2D eigenvalue weighted by molar-refractivity contribution is 9.10. The lowest BCUT2D eigenvalue weighted by molar-refractivity contribution is 0.289. The van der Waals surface area contributed by atoms with Crippen LogP contribution in [0, 0.1) is 5.82 Å². The average molecular weight is 296 g/mol. The molecular weight excluding hydrogens is 285 g/mol. The Balaban J connectivity index is 2.10. The highest BCUT2D eigenvalue weighted by Gasteiger charge is 2.04. The van der Waals surface area contributed by atoms with E-state index in [4.69, 9.17) is 10.5 Å². The number of nitrogen functional groups attached to an aromatic ring is 1. The number of anilines is 1. The van der Waals surface area contributed by atoms with Crippen LogP contribution in [-0.2, 0) is 6.61 Å². The van der Waals surface area contributed by atoms with Gasteiger partial charge in [0.25, 0.3) is 0 Å². The predicted molar refractivity (Wildman–Crippen MR) is 69.3 cm³/mol. The first-order chi connectivity index (χ1) is 8.16. The minimum atomic E-state index is -0.362. The van der Waals surface area contributed by atoms with Crippen LogP contribution >= 0.6 is 15.9 Å². The summed E-state index contributed by atoms with van der Waals surface area (Å²) in [6.07, 6.45) is 0. The fourth-order valence-electron chi connectivity index (χ4n) is 1.40. The zero-order valence-corrected chi connectivity index (χ0v) is 10.6. The Morgan fingerprint density at radius 1 is 1.18 bits per heavy atom. The molecule has 2 aromatic rings. The molecule has 0 fully saturated rings. The molecule has 4 heteroatoms. The number of benzene rings is 2. The predicted octanol–water partition coefficient (Wildman–Crippen LogP) is 3.75. The van der Waals surface area contributed by atoms with Crippen molar-refractivity contribution in [2.75, 3.05) is 5.73 Å². The minimum Gasteiger partial charge on any atom is -0.486 e. The first kappa shape index (κ1) is 11.9. The summed E-state index contributed by atoms with van der Waals surface area (Å²) in [6.45, 7) is 0.293. The molecule has 2 nitrogen and oxygen atoms in total. The van der Waals surface area contributed by atoms with Crippen molar-refractivity contribution in [3.05, 3.63) is 58.3 Å². The molecule has 0 heterocycles. The molecule has 2 N–H and O–H groups in total. The van der Waals surface area contributed by atoms with Crippen LogP contribution in [0.5, 0.6) is 5.75 Å². The molecule has 0 unspecified atom stereocenters. The summed E-state index contributed by atoms with van der Waals surface area (Å²) in [5, 5.41) is 0. The first-order valence-electron chi connectivity index (χ1n) is 5.08. The van der Waals surface area contributed by atoms with Crippen LogP contribution < -0.4 is 10.5 Å². The third-order valence-corrected chi connectivity index (χ3v) is 3.04. The molecule has 2 rings (SSSR count). The van der Waals surface area contributed by atoms with Crippen molar-refractivity contribution < 1.29 is 9.13 Å². The molecule has 0 aliphatic heterocycles. The Morgan fingerprint density at radius 2 is 1.94 bits per heavy atom. The van der Waals surface area contributed by atoms with Gasteiger partial charge in [-0.3, -0.25) is 0 Å². The molecule has 0 spiro atoms. The number of nitrogens with two attached hydrogens (primary N) is 1. The van der Waals surface area contributed by atoms with Crippen LogP contribution in [0.2, 0.25) is 0 Å². The van der Waals surface area contributed by atoms with E-state index in [1.165, 1.54) is 6.07 Å². The van der Waals surface area contributed by atoms with E-state index in [2.05, 4.69) is 15.9 Å². The van der Waals surface area contributed by atoms with E-state index in [1.54, 1.807) is 30.3 Å². The SMILES string of the molecule is Nc1ccc(COc2ccccc2F)c(Br)c1. The smallest absolute Gasteiger partial charge is 0.165 e. The molecule has 2 aromatic carbocycles. The molecule has 0 atom stereocenters. The maximum atomic E-state index is 13.3. The maximum absolute atomic E-state index is 13.3. The third-order valence-electron chi connectivity index (χ3n) is 2.30. The molecule has 0 aromatic heterocycles. The second-order valence-electron chi connectivity index (χ2n) is 3.57. The second-order valence-corrected chi connectivity index (χ2v) is 4.42. The molecule has 0 aliphatic carbocycles. The van der Waals surface area contributed by atoms with Crippen molar-refractivity contribution >= 4 is 21.6 Å². The van der Waals surface area contributed by atoms with Crippen molar-refractivity contribution in [3.63, 3.8) is 0 Å². The molecular formula is C13H11BrFNO. The highest BCUT2D eigenvalue weighted by atomic mass is 79.9. The molecule has 0 saturated carbocycles. The number of ether oxygens (including phenoxy) is 1. The molecule has 0 radical (unpaired) electrons. The van der Waals surface area contributed by atoms with Crippen molar-refractivity contribution in [2.24, 2.45) is 0 Å². The van der Waals surface area contributed by atoms with Crippen LogP contribution in [-0.4, -0.2) is 0 Å². The molecule has 88 valence electrons. The van der Waals surface area contributed by atoms with Gasteiger partial charge in [0.2, 0.25) is 0 Å². The van der Waals surface area contributed by atoms with Crippen molar-refractivity contribution in [1.29, 1.82) is 0 Å². The second kappa shape index (κ2) is 5.19. The van der Waals surface area contributed by atoms with Crippen LogP contribution in [0.3, 0.4) is 0 Å². The van der Waals surface area contributed by atoms with Crippen molar-refractivity contribution in [2.45, 2.75) is 6.61 Å². The van der Waals surface area contributed by atoms with Gasteiger partial charge in [0, 0.05) is 15.7 Å². The van der Waals surface area contributed by atoms with E-state index in [0.29, 0.717) is 12.3 Å². The van der Waals surface area contributed by atoms with Gasteiger partial charge in [-0.2, -0.15) is 0 Å². The van der Waals surface area contributed by atoms with Crippen molar-refractivity contribution in [3.8, 4) is 5.75 Å². The van der Waals surface area contributed by atoms with Gasteiger partial charge in [-0.25, -0.2) is 4.39 Å². The number of hydrogen-bond acceptors (Lipinski definition) is 2. The average Bonchev–Trinajstić information content (AvgIpc) is 2.30. The summed E-state index contributed by atoms with van der Waals surface area (Å²) in [6, 6.07) is 11.7. The lowest BCUT2D eigenvalue weighted by atomic mass is 10.2. The molecule has 17 heavy (non-hydrogen) atoms. The van der Waals surface area contributed by atoms with Gasteiger partial charge in [-0.1, -0.05) is 34.1 Å². The molecule has 0 saturated heterocycles. The van der Waals surface area contributed by atoms with E-state index in [0.717, 1.165) is 10.0 Å². The Labute approximate surface area is 107 Å². The lowest BCUT2D eigenvalue weighted by Crippen LogP contribution is -1.98. The Hall–Kier alpha value is -1.55. The highest BCUT2D eigenvalue weighted by Crippen LogP contribution is 2.23. The summed E-state index contributed by atoms with van der Waals surface area (Å²) >= 11 is 3.39. The van der Waals surface area contributed by atoms with E-state index < -0.39 is 0 Å². The van der Waals surface area contributed by atoms with Crippen LogP contribution in [0.1, 0.15) is 5.56 Å². The van der Waals surface area contributed by atoms with Crippen LogP contribution in [0.15, 0.2) is 46.9 Å². The third kappa shape index (κ3) is 2.97. The Kier molecular flexibility index (Phi) is 3.64. The molecule has 0 amide bonds. The quantitative estimate of drug-likeness (QED) is 0.875. The maximum Gasteiger partial charge on any atom is 0.165 e. The zero-order chi connectivity index (χ0) is 12.3. The minimum absolute atomic E-state index is 0.247. The van der Waals surface area contributed by atoms with Gasteiger partial charge >= 0.3 is 0 Å². The van der Waals surface area contributed by atoms with Crippen LogP contribution in [0.25, 0.3) is 0 Å². The zero-order valence-electron chi connectivity index (χ0n) is 8.99. The van der Waals surface area contributed by atoms with E-state index in [1.807, 2.05) is 6.07 Å². The van der Waals surface area contributed by atoms with Gasteiger partial charge in [-0.05, 0) is 24.3 Å². The van der Waals surface area contributed by atoms with E-state index >= 15 is 0 Å². The van der Waals surface area contributed by atoms with Gasteiger partial charge in [0.15, 0.2) is 11.6 Å². The topological polar surface area (TPSA) is 35.2 Å². The first-order valence-corrected chi connectivity index (χ1v) is 5.87. The standard InChI is InChI=1S/C13H11BrFNO/c14-11-7-10(16)6-5-9(11)8-17-13-4-2-1-3-12(13)15/h1-7H,8,16H2. The summed E-state index contributed by atoms with van der Waals surface area (Å²) < 4.78 is 19.6. The normalized spacial score (nSPS) is 10.2. The fraction of sp³-hybridized carbons (Fsp3) is 0.0769. The van der Waals surface area contributed by atoms with E-state index in [9.17, 15) is 4.39 Å². The van der Waals surface area contributed by atoms with E-state index in [-0.39, 0.29) is 11.6 Å². The number of hydrogen-bond donors (Lipinski definition) is 1. The van der Waals surface area contributed by atoms with Gasteiger partial charge in [0.05, 0.1) is 0 Å². The van der Waals surface area contributed by atoms with Gasteiger partial charge in [-0.15, -0.1) is 0 Å². The fourth-order valence-corrected chi connectivity index (χ4v) is 1.91. The summed E-state index contributed by atoms with van der Waals surface area (Å²) in [7, 11) is 0. The van der Waals surface area contributed by atoms with Crippen molar-refractivity contribution in [1.82, 2.24) is 0 Å². The number of rotatable bonds is 3. The van der Waals surface area contributed by atoms with Gasteiger partial charge in [0.1, 0.15) is 6.61 Å². The van der Waals surface area contributed by atoms with Gasteiger partial charge < -0.3 is 10.5 Å². The number of halogens is 2. The lowest BCUT2D eigenvalue weighted by Gasteiger charge is -2.09. The summed E-state index contributed by atoms with van der Waals surface area (Å²) in [5.74, 6) is -0.115. The number of para-hydroxylation sites is 1. The molecule has 0 aliphatic rings.